The van der Waals surface area contributed by atoms with E-state index in [1.807, 2.05) is 0 Å². The Balaban J connectivity index is 2.06. The van der Waals surface area contributed by atoms with Gasteiger partial charge in [-0.3, -0.25) is 4.79 Å². The average Bonchev–Trinajstić information content (AvgIpc) is 2.37. The summed E-state index contributed by atoms with van der Waals surface area (Å²) in [5.41, 5.74) is 0.470. The molecule has 1 aliphatic heterocycles. The molecule has 0 radical (unpaired) electrons. The third-order valence-electron chi connectivity index (χ3n) is 2.66. The number of ether oxygens (including phenoxy) is 2. The minimum atomic E-state index is -0.422. The summed E-state index contributed by atoms with van der Waals surface area (Å²) in [5, 5.41) is 11.9. The number of fused-ring (bicyclic) bond motifs is 1. The molecule has 0 aliphatic carbocycles. The van der Waals surface area contributed by atoms with E-state index >= 15 is 0 Å². The lowest BCUT2D eigenvalue weighted by atomic mass is 10.1. The zero-order chi connectivity index (χ0) is 13.0. The predicted octanol–water partition coefficient (Wildman–Crippen LogP) is 0.959. The van der Waals surface area contributed by atoms with E-state index in [4.69, 9.17) is 14.6 Å². The molecule has 2 rings (SSSR count). The molecular formula is C13H17NO4. The molecule has 5 nitrogen and oxygen atoms in total. The van der Waals surface area contributed by atoms with Crippen molar-refractivity contribution in [2.45, 2.75) is 19.4 Å². The Labute approximate surface area is 106 Å². The van der Waals surface area contributed by atoms with Gasteiger partial charge in [-0.05, 0) is 25.5 Å². The number of hydrogen-bond donors (Lipinski definition) is 2. The van der Waals surface area contributed by atoms with Crippen LogP contribution in [-0.4, -0.2) is 36.9 Å². The highest BCUT2D eigenvalue weighted by atomic mass is 16.6. The average molecular weight is 251 g/mol. The summed E-state index contributed by atoms with van der Waals surface area (Å²) in [5.74, 6) is 0.890. The number of aliphatic hydroxyl groups excluding tert-OH is 1. The van der Waals surface area contributed by atoms with Crippen LogP contribution in [0.15, 0.2) is 18.2 Å². The van der Waals surface area contributed by atoms with Crippen LogP contribution in [0.4, 0.5) is 0 Å². The SMILES string of the molecule is CC(O)CCNC(=O)c1cccc2c1OCCO2. The van der Waals surface area contributed by atoms with Gasteiger partial charge in [0.05, 0.1) is 11.7 Å². The van der Waals surface area contributed by atoms with E-state index in [-0.39, 0.29) is 5.91 Å². The van der Waals surface area contributed by atoms with E-state index in [1.165, 1.54) is 0 Å². The summed E-state index contributed by atoms with van der Waals surface area (Å²) in [6.07, 6.45) is 0.104. The zero-order valence-corrected chi connectivity index (χ0v) is 10.3. The second kappa shape index (κ2) is 5.73. The molecule has 0 saturated carbocycles. The van der Waals surface area contributed by atoms with Crippen LogP contribution in [0.25, 0.3) is 0 Å². The van der Waals surface area contributed by atoms with Gasteiger partial charge >= 0.3 is 0 Å². The molecule has 2 N–H and O–H groups in total. The molecule has 18 heavy (non-hydrogen) atoms. The molecular weight excluding hydrogens is 234 g/mol. The van der Waals surface area contributed by atoms with Gasteiger partial charge in [0.2, 0.25) is 0 Å². The summed E-state index contributed by atoms with van der Waals surface area (Å²) in [4.78, 5) is 12.0. The number of aliphatic hydroxyl groups is 1. The van der Waals surface area contributed by atoms with Crippen molar-refractivity contribution in [3.63, 3.8) is 0 Å². The minimum Gasteiger partial charge on any atom is -0.486 e. The van der Waals surface area contributed by atoms with E-state index < -0.39 is 6.10 Å². The second-order valence-electron chi connectivity index (χ2n) is 4.22. The number of carbonyl (C=O) groups excluding carboxylic acids is 1. The van der Waals surface area contributed by atoms with E-state index in [9.17, 15) is 4.79 Å². The third kappa shape index (κ3) is 2.92. The summed E-state index contributed by atoms with van der Waals surface area (Å²) < 4.78 is 10.9. The lowest BCUT2D eigenvalue weighted by Crippen LogP contribution is -2.28. The van der Waals surface area contributed by atoms with Crippen molar-refractivity contribution in [2.75, 3.05) is 19.8 Å². The predicted molar refractivity (Wildman–Crippen MR) is 66.1 cm³/mol. The molecule has 0 bridgehead atoms. The van der Waals surface area contributed by atoms with E-state index in [2.05, 4.69) is 5.32 Å². The second-order valence-corrected chi connectivity index (χ2v) is 4.22. The number of benzene rings is 1. The maximum atomic E-state index is 12.0. The molecule has 1 aromatic rings. The van der Waals surface area contributed by atoms with Crippen molar-refractivity contribution in [1.29, 1.82) is 0 Å². The van der Waals surface area contributed by atoms with Crippen LogP contribution >= 0.6 is 0 Å². The van der Waals surface area contributed by atoms with E-state index in [0.29, 0.717) is 43.2 Å². The molecule has 1 aliphatic rings. The summed E-state index contributed by atoms with van der Waals surface area (Å²) >= 11 is 0. The van der Waals surface area contributed by atoms with Crippen molar-refractivity contribution < 1.29 is 19.4 Å². The number of hydrogen-bond acceptors (Lipinski definition) is 4. The summed E-state index contributed by atoms with van der Waals surface area (Å²) in [6, 6.07) is 5.24. The fraction of sp³-hybridized carbons (Fsp3) is 0.462. The molecule has 0 aromatic heterocycles. The van der Waals surface area contributed by atoms with Crippen LogP contribution < -0.4 is 14.8 Å². The van der Waals surface area contributed by atoms with Gasteiger partial charge < -0.3 is 19.9 Å². The molecule has 1 atom stereocenters. The maximum absolute atomic E-state index is 12.0. The topological polar surface area (TPSA) is 67.8 Å². The summed E-state index contributed by atoms with van der Waals surface area (Å²) in [7, 11) is 0. The highest BCUT2D eigenvalue weighted by molar-refractivity contribution is 5.97. The van der Waals surface area contributed by atoms with E-state index in [0.717, 1.165) is 0 Å². The van der Waals surface area contributed by atoms with Gasteiger partial charge in [-0.2, -0.15) is 0 Å². The highest BCUT2D eigenvalue weighted by Gasteiger charge is 2.19. The Morgan fingerprint density at radius 1 is 1.44 bits per heavy atom. The Bertz CT molecular complexity index is 431. The van der Waals surface area contributed by atoms with Crippen LogP contribution in [0.5, 0.6) is 11.5 Å². The number of rotatable bonds is 4. The first-order valence-electron chi connectivity index (χ1n) is 6.03. The normalized spacial score (nSPS) is 15.0. The zero-order valence-electron chi connectivity index (χ0n) is 10.3. The number of carbonyl (C=O) groups is 1. The maximum Gasteiger partial charge on any atom is 0.255 e. The smallest absolute Gasteiger partial charge is 0.255 e. The van der Waals surface area contributed by atoms with Crippen molar-refractivity contribution in [3.8, 4) is 11.5 Å². The van der Waals surface area contributed by atoms with Crippen molar-refractivity contribution in [3.05, 3.63) is 23.8 Å². The largest absolute Gasteiger partial charge is 0.486 e. The number of para-hydroxylation sites is 1. The fourth-order valence-electron chi connectivity index (χ4n) is 1.74. The molecule has 1 amide bonds. The standard InChI is InChI=1S/C13H17NO4/c1-9(15)5-6-14-13(16)10-3-2-4-11-12(10)18-8-7-17-11/h2-4,9,15H,5-8H2,1H3,(H,14,16). The lowest BCUT2D eigenvalue weighted by Gasteiger charge is -2.20. The van der Waals surface area contributed by atoms with Crippen molar-refractivity contribution in [1.82, 2.24) is 5.32 Å². The molecule has 1 unspecified atom stereocenters. The Morgan fingerprint density at radius 3 is 3.00 bits per heavy atom. The monoisotopic (exact) mass is 251 g/mol. The molecule has 0 spiro atoms. The Hall–Kier alpha value is -1.75. The van der Waals surface area contributed by atoms with Crippen LogP contribution in [0, 0.1) is 0 Å². The summed E-state index contributed by atoms with van der Waals surface area (Å²) in [6.45, 7) is 3.07. The first-order valence-corrected chi connectivity index (χ1v) is 6.03. The molecule has 1 heterocycles. The van der Waals surface area contributed by atoms with Crippen LogP contribution in [0.1, 0.15) is 23.7 Å². The van der Waals surface area contributed by atoms with Gasteiger partial charge in [0, 0.05) is 6.54 Å². The molecule has 1 aromatic carbocycles. The van der Waals surface area contributed by atoms with Crippen LogP contribution in [0.3, 0.4) is 0 Å². The minimum absolute atomic E-state index is 0.210. The Kier molecular flexibility index (Phi) is 4.04. The first kappa shape index (κ1) is 12.7. The van der Waals surface area contributed by atoms with Crippen LogP contribution in [0.2, 0.25) is 0 Å². The van der Waals surface area contributed by atoms with Crippen molar-refractivity contribution in [2.24, 2.45) is 0 Å². The quantitative estimate of drug-likeness (QED) is 0.836. The molecule has 5 heteroatoms. The van der Waals surface area contributed by atoms with Gasteiger partial charge in [-0.15, -0.1) is 0 Å². The molecule has 0 saturated heterocycles. The highest BCUT2D eigenvalue weighted by Crippen LogP contribution is 2.33. The number of amides is 1. The number of nitrogens with one attached hydrogen (secondary N) is 1. The van der Waals surface area contributed by atoms with Gasteiger partial charge in [0.15, 0.2) is 11.5 Å². The molecule has 0 fully saturated rings. The van der Waals surface area contributed by atoms with Gasteiger partial charge in [-0.1, -0.05) is 6.07 Å². The fourth-order valence-corrected chi connectivity index (χ4v) is 1.74. The van der Waals surface area contributed by atoms with Gasteiger partial charge in [-0.25, -0.2) is 0 Å². The molecule has 98 valence electrons. The van der Waals surface area contributed by atoms with Crippen LogP contribution in [-0.2, 0) is 0 Å². The first-order chi connectivity index (χ1) is 8.68. The van der Waals surface area contributed by atoms with E-state index in [1.54, 1.807) is 25.1 Å². The third-order valence-corrected chi connectivity index (χ3v) is 2.66. The van der Waals surface area contributed by atoms with Gasteiger partial charge in [0.25, 0.3) is 5.91 Å². The lowest BCUT2D eigenvalue weighted by molar-refractivity contribution is 0.0934. The Morgan fingerprint density at radius 2 is 2.22 bits per heavy atom. The van der Waals surface area contributed by atoms with Crippen molar-refractivity contribution >= 4 is 5.91 Å². The van der Waals surface area contributed by atoms with Gasteiger partial charge in [0.1, 0.15) is 13.2 Å².